The molecule has 1 N–H and O–H groups in total. The van der Waals surface area contributed by atoms with Crippen molar-refractivity contribution in [2.24, 2.45) is 11.8 Å². The normalized spacial score (nSPS) is 25.8. The van der Waals surface area contributed by atoms with Gasteiger partial charge in [-0.2, -0.15) is 4.31 Å². The van der Waals surface area contributed by atoms with Crippen LogP contribution in [0.15, 0.2) is 29.2 Å². The highest BCUT2D eigenvalue weighted by atomic mass is 32.2. The van der Waals surface area contributed by atoms with Crippen molar-refractivity contribution in [2.45, 2.75) is 75.8 Å². The van der Waals surface area contributed by atoms with Gasteiger partial charge in [0.1, 0.15) is 16.7 Å². The number of rotatable bonds is 7. The Morgan fingerprint density at radius 2 is 2.06 bits per heavy atom. The predicted molar refractivity (Wildman–Crippen MR) is 132 cm³/mol. The number of nitrogens with zero attached hydrogens (tertiary/aromatic N) is 2. The molecular weight excluding hydrogens is 452 g/mol. The standard InChI is InChI=1S/C26H38N2O5S/c1-18-15-28(19(2)17-29)34(31,32)25-12-11-22(21-7-5-4-6-8-21)14-23(25)33-24(18)16-27(3)26(30)13-20-9-10-20/h7,11-12,14,18-20,24,29H,4-6,8-10,13,15-17H2,1-3H3/t18-,19-,24-/m0/s1. The van der Waals surface area contributed by atoms with Gasteiger partial charge in [-0.05, 0) is 74.6 Å². The number of fused-ring (bicyclic) bond motifs is 1. The number of aliphatic hydroxyl groups excluding tert-OH is 1. The number of ether oxygens (including phenoxy) is 1. The number of hydrogen-bond acceptors (Lipinski definition) is 5. The zero-order valence-electron chi connectivity index (χ0n) is 20.6. The van der Waals surface area contributed by atoms with Crippen molar-refractivity contribution in [3.05, 3.63) is 29.8 Å². The van der Waals surface area contributed by atoms with E-state index in [9.17, 15) is 18.3 Å². The lowest BCUT2D eigenvalue weighted by Crippen LogP contribution is -2.50. The number of carbonyl (C=O) groups excluding carboxylic acids is 1. The smallest absolute Gasteiger partial charge is 0.247 e. The van der Waals surface area contributed by atoms with Crippen molar-refractivity contribution in [3.8, 4) is 5.75 Å². The molecule has 1 aliphatic heterocycles. The number of likely N-dealkylation sites (N-methyl/N-ethyl adjacent to an activating group) is 1. The van der Waals surface area contributed by atoms with Crippen molar-refractivity contribution in [1.82, 2.24) is 9.21 Å². The average molecular weight is 491 g/mol. The molecule has 2 aliphatic carbocycles. The van der Waals surface area contributed by atoms with Crippen LogP contribution in [0.1, 0.15) is 64.4 Å². The fourth-order valence-electron chi connectivity index (χ4n) is 4.84. The second-order valence-electron chi connectivity index (χ2n) is 10.3. The number of allylic oxidation sites excluding steroid dienone is 2. The van der Waals surface area contributed by atoms with Gasteiger partial charge in [-0.3, -0.25) is 4.79 Å². The Bertz CT molecular complexity index is 1030. The van der Waals surface area contributed by atoms with Crippen LogP contribution in [-0.4, -0.2) is 67.5 Å². The first-order chi connectivity index (χ1) is 16.2. The first-order valence-electron chi connectivity index (χ1n) is 12.6. The van der Waals surface area contributed by atoms with Gasteiger partial charge < -0.3 is 14.7 Å². The fourth-order valence-corrected chi connectivity index (χ4v) is 6.67. The van der Waals surface area contributed by atoms with Gasteiger partial charge in [-0.25, -0.2) is 8.42 Å². The number of amides is 1. The third-order valence-electron chi connectivity index (χ3n) is 7.37. The summed E-state index contributed by atoms with van der Waals surface area (Å²) in [7, 11) is -2.06. The molecule has 1 fully saturated rings. The molecule has 7 nitrogen and oxygen atoms in total. The van der Waals surface area contributed by atoms with Gasteiger partial charge in [0.2, 0.25) is 15.9 Å². The summed E-state index contributed by atoms with van der Waals surface area (Å²) in [6, 6.07) is 4.79. The molecule has 1 aromatic rings. The fraction of sp³-hybridized carbons (Fsp3) is 0.654. The summed E-state index contributed by atoms with van der Waals surface area (Å²) in [5.74, 6) is 0.767. The van der Waals surface area contributed by atoms with Crippen LogP contribution < -0.4 is 4.74 Å². The minimum atomic E-state index is -3.86. The monoisotopic (exact) mass is 490 g/mol. The van der Waals surface area contributed by atoms with E-state index in [-0.39, 0.29) is 36.0 Å². The maximum atomic E-state index is 13.6. The second kappa shape index (κ2) is 10.4. The molecule has 8 heteroatoms. The molecule has 1 heterocycles. The van der Waals surface area contributed by atoms with Gasteiger partial charge in [0.05, 0.1) is 13.2 Å². The van der Waals surface area contributed by atoms with Gasteiger partial charge in [-0.15, -0.1) is 0 Å². The second-order valence-corrected chi connectivity index (χ2v) is 12.2. The summed E-state index contributed by atoms with van der Waals surface area (Å²) in [5, 5.41) is 9.81. The van der Waals surface area contributed by atoms with Gasteiger partial charge >= 0.3 is 0 Å². The average Bonchev–Trinajstić information content (AvgIpc) is 3.65. The Kier molecular flexibility index (Phi) is 7.69. The van der Waals surface area contributed by atoms with Crippen molar-refractivity contribution >= 4 is 21.5 Å². The lowest BCUT2D eigenvalue weighted by Gasteiger charge is -2.37. The predicted octanol–water partition coefficient (Wildman–Crippen LogP) is 3.67. The highest BCUT2D eigenvalue weighted by Gasteiger charge is 2.38. The number of aliphatic hydroxyl groups is 1. The largest absolute Gasteiger partial charge is 0.487 e. The molecule has 1 saturated carbocycles. The molecule has 34 heavy (non-hydrogen) atoms. The minimum Gasteiger partial charge on any atom is -0.487 e. The molecule has 0 saturated heterocycles. The Morgan fingerprint density at radius 3 is 2.71 bits per heavy atom. The van der Waals surface area contributed by atoms with E-state index in [0.29, 0.717) is 24.6 Å². The van der Waals surface area contributed by atoms with Crippen LogP contribution in [0.2, 0.25) is 0 Å². The van der Waals surface area contributed by atoms with Crippen molar-refractivity contribution in [3.63, 3.8) is 0 Å². The molecular formula is C26H38N2O5S. The van der Waals surface area contributed by atoms with E-state index < -0.39 is 16.1 Å². The van der Waals surface area contributed by atoms with E-state index in [1.54, 1.807) is 24.9 Å². The Hall–Kier alpha value is -1.90. The number of sulfonamides is 1. The summed E-state index contributed by atoms with van der Waals surface area (Å²) in [6.45, 7) is 4.01. The highest BCUT2D eigenvalue weighted by molar-refractivity contribution is 7.89. The van der Waals surface area contributed by atoms with E-state index in [4.69, 9.17) is 4.74 Å². The summed E-state index contributed by atoms with van der Waals surface area (Å²) in [4.78, 5) is 14.5. The first-order valence-corrected chi connectivity index (χ1v) is 14.0. The number of carbonyl (C=O) groups is 1. The lowest BCUT2D eigenvalue weighted by molar-refractivity contribution is -0.131. The van der Waals surface area contributed by atoms with Gasteiger partial charge in [0.25, 0.3) is 0 Å². The topological polar surface area (TPSA) is 87.2 Å². The summed E-state index contributed by atoms with van der Waals surface area (Å²) < 4.78 is 35.1. The molecule has 4 rings (SSSR count). The summed E-state index contributed by atoms with van der Waals surface area (Å²) in [5.41, 5.74) is 2.21. The molecule has 0 aromatic heterocycles. The molecule has 1 amide bonds. The molecule has 0 spiro atoms. The first kappa shape index (κ1) is 25.2. The Morgan fingerprint density at radius 1 is 1.29 bits per heavy atom. The zero-order valence-corrected chi connectivity index (χ0v) is 21.4. The van der Waals surface area contributed by atoms with E-state index in [1.165, 1.54) is 16.3 Å². The molecule has 0 unspecified atom stereocenters. The van der Waals surface area contributed by atoms with Gasteiger partial charge in [0, 0.05) is 32.0 Å². The number of hydrogen-bond donors (Lipinski definition) is 1. The van der Waals surface area contributed by atoms with Gasteiger partial charge in [-0.1, -0.05) is 19.1 Å². The minimum absolute atomic E-state index is 0.106. The molecule has 0 bridgehead atoms. The van der Waals surface area contributed by atoms with Crippen LogP contribution in [0, 0.1) is 11.8 Å². The van der Waals surface area contributed by atoms with Crippen LogP contribution in [0.3, 0.4) is 0 Å². The maximum absolute atomic E-state index is 13.6. The van der Waals surface area contributed by atoms with Gasteiger partial charge in [0.15, 0.2) is 0 Å². The van der Waals surface area contributed by atoms with E-state index >= 15 is 0 Å². The third-order valence-corrected chi connectivity index (χ3v) is 9.39. The van der Waals surface area contributed by atoms with Crippen LogP contribution >= 0.6 is 0 Å². The molecule has 3 atom stereocenters. The Labute approximate surface area is 203 Å². The lowest BCUT2D eigenvalue weighted by atomic mass is 9.93. The molecule has 1 aromatic carbocycles. The highest BCUT2D eigenvalue weighted by Crippen LogP contribution is 2.37. The summed E-state index contributed by atoms with van der Waals surface area (Å²) in [6.07, 6.45) is 8.96. The van der Waals surface area contributed by atoms with E-state index in [0.717, 1.165) is 37.7 Å². The van der Waals surface area contributed by atoms with Crippen molar-refractivity contribution < 1.29 is 23.1 Å². The molecule has 188 valence electrons. The molecule has 0 radical (unpaired) electrons. The Balaban J connectivity index is 1.69. The van der Waals surface area contributed by atoms with Crippen molar-refractivity contribution in [1.29, 1.82) is 0 Å². The van der Waals surface area contributed by atoms with E-state index in [1.807, 2.05) is 19.1 Å². The van der Waals surface area contributed by atoms with Crippen LogP contribution in [0.4, 0.5) is 0 Å². The van der Waals surface area contributed by atoms with Crippen LogP contribution in [0.5, 0.6) is 5.75 Å². The zero-order chi connectivity index (χ0) is 24.5. The third kappa shape index (κ3) is 5.50. The number of benzene rings is 1. The summed E-state index contributed by atoms with van der Waals surface area (Å²) >= 11 is 0. The van der Waals surface area contributed by atoms with Crippen molar-refractivity contribution in [2.75, 3.05) is 26.7 Å². The SMILES string of the molecule is C[C@H]1CN([C@@H](C)CO)S(=O)(=O)c2ccc(C3=CCCCC3)cc2O[C@H]1CN(C)C(=O)CC1CC1. The van der Waals surface area contributed by atoms with Crippen LogP contribution in [0.25, 0.3) is 5.57 Å². The maximum Gasteiger partial charge on any atom is 0.247 e. The van der Waals surface area contributed by atoms with Crippen LogP contribution in [-0.2, 0) is 14.8 Å². The molecule has 3 aliphatic rings. The van der Waals surface area contributed by atoms with E-state index in [2.05, 4.69) is 6.08 Å². The quantitative estimate of drug-likeness (QED) is 0.630.